The first kappa shape index (κ1) is 17.3. The molecule has 0 aromatic rings. The van der Waals surface area contributed by atoms with Crippen molar-refractivity contribution in [1.29, 1.82) is 0 Å². The van der Waals surface area contributed by atoms with Crippen molar-refractivity contribution < 1.29 is 21.1 Å². The fourth-order valence-corrected chi connectivity index (χ4v) is 3.53. The van der Waals surface area contributed by atoms with Gasteiger partial charge in [0.25, 0.3) is 0 Å². The van der Waals surface area contributed by atoms with Gasteiger partial charge in [0, 0.05) is 0 Å². The van der Waals surface area contributed by atoms with Gasteiger partial charge >= 0.3 is 0 Å². The van der Waals surface area contributed by atoms with Gasteiger partial charge in [-0.2, -0.15) is 0 Å². The van der Waals surface area contributed by atoms with Crippen molar-refractivity contribution in [1.82, 2.24) is 0 Å². The van der Waals surface area contributed by atoms with Crippen LogP contribution in [0.4, 0.5) is 0 Å². The van der Waals surface area contributed by atoms with Gasteiger partial charge < -0.3 is 18.0 Å². The molecule has 5 nitrogen and oxygen atoms in total. The Balaban J connectivity index is 2.91. The van der Waals surface area contributed by atoms with Gasteiger partial charge in [0.05, 0.1) is 6.10 Å². The lowest BCUT2D eigenvalue weighted by atomic mass is 9.81. The number of rotatable bonds is 3. The maximum absolute atomic E-state index is 10.3. The van der Waals surface area contributed by atoms with E-state index in [1.807, 2.05) is 0 Å². The molecule has 0 spiro atoms. The van der Waals surface area contributed by atoms with Gasteiger partial charge in [-0.15, -0.1) is 0 Å². The van der Waals surface area contributed by atoms with E-state index >= 15 is 0 Å². The van der Waals surface area contributed by atoms with Gasteiger partial charge in [-0.1, -0.05) is 20.8 Å². The van der Waals surface area contributed by atoms with Crippen LogP contribution in [0.25, 0.3) is 0 Å². The van der Waals surface area contributed by atoms with Crippen molar-refractivity contribution >= 4 is 46.0 Å². The number of halogens is 2. The zero-order chi connectivity index (χ0) is 14.1. The summed E-state index contributed by atoms with van der Waals surface area (Å²) in [6, 6.07) is 0. The summed E-state index contributed by atoms with van der Waals surface area (Å²) >= 11 is 3.38. The molecule has 4 unspecified atom stereocenters. The lowest BCUT2D eigenvalue weighted by Crippen LogP contribution is -2.65. The van der Waals surface area contributed by atoms with Crippen molar-refractivity contribution in [2.45, 2.75) is 64.3 Å². The molecule has 0 bridgehead atoms. The van der Waals surface area contributed by atoms with E-state index in [0.717, 1.165) is 0 Å². The molecule has 1 saturated heterocycles. The third-order valence-corrected chi connectivity index (χ3v) is 4.04. The molecule has 7 heteroatoms. The Kier molecular flexibility index (Phi) is 6.11. The van der Waals surface area contributed by atoms with E-state index in [-0.39, 0.29) is 5.41 Å². The van der Waals surface area contributed by atoms with Crippen molar-refractivity contribution in [2.24, 2.45) is 5.41 Å². The third kappa shape index (κ3) is 3.89. The predicted octanol–water partition coefficient (Wildman–Crippen LogP) is 2.36. The summed E-state index contributed by atoms with van der Waals surface area (Å²) in [7, 11) is 0. The van der Waals surface area contributed by atoms with E-state index in [0.29, 0.717) is 6.42 Å². The molecule has 1 rings (SSSR count). The van der Waals surface area contributed by atoms with Crippen LogP contribution in [0.15, 0.2) is 0 Å². The molecule has 1 heterocycles. The maximum atomic E-state index is 10.3. The lowest BCUT2D eigenvalue weighted by molar-refractivity contribution is -0.296. The number of hydrogen-bond acceptors (Lipinski definition) is 5. The second-order valence-electron chi connectivity index (χ2n) is 6.09. The maximum Gasteiger partial charge on any atom is 0.200 e. The van der Waals surface area contributed by atoms with Crippen LogP contribution in [0.2, 0.25) is 0 Å². The Morgan fingerprint density at radius 3 is 2.22 bits per heavy atom. The molecule has 1 fully saturated rings. The van der Waals surface area contributed by atoms with Gasteiger partial charge in [-0.3, -0.25) is 3.07 Å². The molecule has 0 aromatic heterocycles. The topological polar surface area (TPSA) is 68.2 Å². The van der Waals surface area contributed by atoms with Crippen molar-refractivity contribution in [3.05, 3.63) is 0 Å². The summed E-state index contributed by atoms with van der Waals surface area (Å²) in [5.41, 5.74) is -1.39. The van der Waals surface area contributed by atoms with Crippen LogP contribution in [-0.4, -0.2) is 40.4 Å². The number of ether oxygens (including phenoxy) is 1. The van der Waals surface area contributed by atoms with E-state index < -0.39 is 30.2 Å². The summed E-state index contributed by atoms with van der Waals surface area (Å²) in [6.07, 6.45) is -2.24. The molecule has 18 heavy (non-hydrogen) atoms. The monoisotopic (exact) mass is 486 g/mol. The molecule has 1 aliphatic rings. The van der Waals surface area contributed by atoms with Gasteiger partial charge in [-0.25, -0.2) is 0 Å². The van der Waals surface area contributed by atoms with Crippen molar-refractivity contribution in [3.63, 3.8) is 0 Å². The van der Waals surface area contributed by atoms with Crippen LogP contribution < -0.4 is 0 Å². The second-order valence-corrected chi connectivity index (χ2v) is 7.10. The average molecular weight is 486 g/mol. The van der Waals surface area contributed by atoms with Crippen LogP contribution in [-0.2, 0) is 10.9 Å². The van der Waals surface area contributed by atoms with Crippen molar-refractivity contribution in [3.8, 4) is 0 Å². The fraction of sp³-hybridized carbons (Fsp3) is 1.00. The molecule has 2 N–H and O–H groups in total. The van der Waals surface area contributed by atoms with E-state index in [9.17, 15) is 10.2 Å². The van der Waals surface area contributed by atoms with E-state index in [4.69, 9.17) is 10.9 Å². The highest BCUT2D eigenvalue weighted by Gasteiger charge is 2.54. The first-order valence-corrected chi connectivity index (χ1v) is 7.50. The average Bonchev–Trinajstić information content (AvgIpc) is 2.20. The second kappa shape index (κ2) is 6.35. The Labute approximate surface area is 136 Å². The molecule has 0 saturated carbocycles. The van der Waals surface area contributed by atoms with Crippen LogP contribution in [0, 0.1) is 5.41 Å². The SMILES string of the molecule is CC(C)(C)CC1OC(OI)C(C)(O)C(OI)[C@@H]1O. The molecule has 0 aromatic carbocycles. The summed E-state index contributed by atoms with van der Waals surface area (Å²) in [5.74, 6) is 0. The van der Waals surface area contributed by atoms with Gasteiger partial charge in [0.1, 0.15) is 63.8 Å². The first-order chi connectivity index (χ1) is 8.13. The van der Waals surface area contributed by atoms with Crippen LogP contribution in [0.3, 0.4) is 0 Å². The Hall–Kier alpha value is 1.26. The van der Waals surface area contributed by atoms with Crippen LogP contribution >= 0.6 is 46.0 Å². The highest BCUT2D eigenvalue weighted by atomic mass is 127. The molecule has 0 aliphatic carbocycles. The molecular weight excluding hydrogens is 466 g/mol. The Morgan fingerprint density at radius 2 is 1.83 bits per heavy atom. The zero-order valence-corrected chi connectivity index (χ0v) is 15.2. The predicted molar refractivity (Wildman–Crippen MR) is 83.4 cm³/mol. The van der Waals surface area contributed by atoms with Crippen LogP contribution in [0.1, 0.15) is 34.1 Å². The van der Waals surface area contributed by atoms with Crippen LogP contribution in [0.5, 0.6) is 0 Å². The quantitative estimate of drug-likeness (QED) is 0.601. The minimum Gasteiger partial charge on any atom is -0.388 e. The standard InChI is InChI=1S/C11H20I2O5/c1-10(2,3)5-6-7(14)8(17-12)11(4,15)9(16-6)18-13/h6-9,14-15H,5H2,1-4H3/t6?,7-,8?,9?,11?/m1/s1. The summed E-state index contributed by atoms with van der Waals surface area (Å²) in [6.45, 7) is 7.73. The summed E-state index contributed by atoms with van der Waals surface area (Å²) in [4.78, 5) is 0. The van der Waals surface area contributed by atoms with Gasteiger partial charge in [0.15, 0.2) is 6.29 Å². The molecule has 0 amide bonds. The highest BCUT2D eigenvalue weighted by molar-refractivity contribution is 14.1. The highest BCUT2D eigenvalue weighted by Crippen LogP contribution is 2.38. The zero-order valence-electron chi connectivity index (χ0n) is 10.9. The van der Waals surface area contributed by atoms with E-state index in [1.54, 1.807) is 46.0 Å². The van der Waals surface area contributed by atoms with Gasteiger partial charge in [0.2, 0.25) is 0 Å². The number of aliphatic hydroxyl groups excluding tert-OH is 1. The van der Waals surface area contributed by atoms with E-state index in [1.165, 1.54) is 6.92 Å². The summed E-state index contributed by atoms with van der Waals surface area (Å²) < 4.78 is 16.0. The first-order valence-electron chi connectivity index (χ1n) is 5.74. The van der Waals surface area contributed by atoms with Gasteiger partial charge in [-0.05, 0) is 18.8 Å². The number of hydrogen-bond donors (Lipinski definition) is 2. The molecular formula is C11H20I2O5. The molecule has 1 aliphatic heterocycles. The minimum absolute atomic E-state index is 0.000486. The summed E-state index contributed by atoms with van der Waals surface area (Å²) in [5, 5.41) is 20.6. The van der Waals surface area contributed by atoms with Crippen molar-refractivity contribution in [2.75, 3.05) is 0 Å². The Morgan fingerprint density at radius 1 is 1.28 bits per heavy atom. The molecule has 5 atom stereocenters. The lowest BCUT2D eigenvalue weighted by Gasteiger charge is -2.47. The molecule has 0 radical (unpaired) electrons. The third-order valence-electron chi connectivity index (χ3n) is 3.03. The minimum atomic E-state index is -1.39. The molecule has 108 valence electrons. The largest absolute Gasteiger partial charge is 0.388 e. The normalized spacial score (nSPS) is 42.0. The number of aliphatic hydroxyl groups is 2. The fourth-order valence-electron chi connectivity index (χ4n) is 2.08. The smallest absolute Gasteiger partial charge is 0.200 e. The Bertz CT molecular complexity index is 279. The van der Waals surface area contributed by atoms with E-state index in [2.05, 4.69) is 20.8 Å².